The minimum Gasteiger partial charge on any atom is -0.378 e. The van der Waals surface area contributed by atoms with Gasteiger partial charge in [-0.1, -0.05) is 45.0 Å². The minimum absolute atomic E-state index is 0.109. The molecule has 3 aromatic rings. The third-order valence-electron chi connectivity index (χ3n) is 5.58. The summed E-state index contributed by atoms with van der Waals surface area (Å²) < 4.78 is 34.7. The maximum absolute atomic E-state index is 13.3. The second-order valence-corrected chi connectivity index (χ2v) is 10.8. The highest BCUT2D eigenvalue weighted by Gasteiger charge is 2.22. The van der Waals surface area contributed by atoms with E-state index in [1.165, 1.54) is 0 Å². The summed E-state index contributed by atoms with van der Waals surface area (Å²) in [4.78, 5) is 14.6. The number of anilines is 3. The smallest absolute Gasteiger partial charge is 0.262 e. The van der Waals surface area contributed by atoms with Gasteiger partial charge in [-0.2, -0.15) is 0 Å². The van der Waals surface area contributed by atoms with Gasteiger partial charge in [0.05, 0.1) is 18.1 Å². The van der Waals surface area contributed by atoms with E-state index in [0.717, 1.165) is 24.2 Å². The Bertz CT molecular complexity index is 1260. The van der Waals surface area contributed by atoms with E-state index in [-0.39, 0.29) is 10.8 Å². The molecule has 0 bridgehead atoms. The van der Waals surface area contributed by atoms with E-state index in [2.05, 4.69) is 14.9 Å². The van der Waals surface area contributed by atoms with Gasteiger partial charge in [0.15, 0.2) is 0 Å². The number of hydrogen-bond donors (Lipinski definition) is 2. The second kappa shape index (κ2) is 9.03. The Labute approximate surface area is 194 Å². The topological polar surface area (TPSA) is 87.7 Å². The van der Waals surface area contributed by atoms with Crippen LogP contribution >= 0.6 is 0 Å². The SMILES string of the molecule is CC(C)(C)C(=O)Nc1ccc(NS(=O)(=O)c2cccc3c(N4CCOCC4)cccc23)cc1. The molecule has 0 aliphatic carbocycles. The molecule has 0 spiro atoms. The lowest BCUT2D eigenvalue weighted by Gasteiger charge is -2.30. The largest absolute Gasteiger partial charge is 0.378 e. The standard InChI is InChI=1S/C25H29N3O4S/c1-25(2,3)24(29)26-18-10-12-19(13-11-18)27-33(30,31)23-9-5-6-20-21(23)7-4-8-22(20)28-14-16-32-17-15-28/h4-13,27H,14-17H2,1-3H3,(H,26,29). The van der Waals surface area contributed by atoms with Gasteiger partial charge in [-0.25, -0.2) is 8.42 Å². The molecule has 1 aliphatic heterocycles. The van der Waals surface area contributed by atoms with E-state index in [9.17, 15) is 13.2 Å². The zero-order chi connectivity index (χ0) is 23.6. The molecule has 33 heavy (non-hydrogen) atoms. The molecule has 3 aromatic carbocycles. The number of carbonyl (C=O) groups excluding carboxylic acids is 1. The Morgan fingerprint density at radius 3 is 2.15 bits per heavy atom. The number of fused-ring (bicyclic) bond motifs is 1. The van der Waals surface area contributed by atoms with Crippen molar-refractivity contribution in [2.24, 2.45) is 5.41 Å². The molecule has 1 aliphatic rings. The fourth-order valence-electron chi connectivity index (χ4n) is 3.73. The highest BCUT2D eigenvalue weighted by Crippen LogP contribution is 2.32. The van der Waals surface area contributed by atoms with Crippen LogP contribution in [0.25, 0.3) is 10.8 Å². The Morgan fingerprint density at radius 2 is 1.48 bits per heavy atom. The van der Waals surface area contributed by atoms with Crippen molar-refractivity contribution >= 4 is 43.8 Å². The quantitative estimate of drug-likeness (QED) is 0.578. The van der Waals surface area contributed by atoms with Gasteiger partial charge in [-0.15, -0.1) is 0 Å². The van der Waals surface area contributed by atoms with Crippen molar-refractivity contribution in [1.29, 1.82) is 0 Å². The molecule has 0 unspecified atom stereocenters. The summed E-state index contributed by atoms with van der Waals surface area (Å²) in [5.74, 6) is -0.109. The Morgan fingerprint density at radius 1 is 0.879 bits per heavy atom. The maximum Gasteiger partial charge on any atom is 0.262 e. The van der Waals surface area contributed by atoms with Crippen LogP contribution in [0.2, 0.25) is 0 Å². The third kappa shape index (κ3) is 5.12. The third-order valence-corrected chi connectivity index (χ3v) is 7.02. The average Bonchev–Trinajstić information content (AvgIpc) is 2.79. The predicted octanol–water partition coefficient (Wildman–Crippen LogP) is 4.46. The van der Waals surface area contributed by atoms with Crippen molar-refractivity contribution in [3.63, 3.8) is 0 Å². The normalized spacial score (nSPS) is 14.8. The van der Waals surface area contributed by atoms with E-state index >= 15 is 0 Å². The summed E-state index contributed by atoms with van der Waals surface area (Å²) in [6.45, 7) is 8.35. The number of benzene rings is 3. The van der Waals surface area contributed by atoms with Crippen molar-refractivity contribution < 1.29 is 17.9 Å². The lowest BCUT2D eigenvalue weighted by atomic mass is 9.95. The Hall–Kier alpha value is -3.10. The molecule has 2 N–H and O–H groups in total. The predicted molar refractivity (Wildman–Crippen MR) is 132 cm³/mol. The minimum atomic E-state index is -3.83. The highest BCUT2D eigenvalue weighted by atomic mass is 32.2. The monoisotopic (exact) mass is 467 g/mol. The van der Waals surface area contributed by atoms with E-state index < -0.39 is 15.4 Å². The van der Waals surface area contributed by atoms with Crippen molar-refractivity contribution in [2.75, 3.05) is 41.2 Å². The summed E-state index contributed by atoms with van der Waals surface area (Å²) in [6.07, 6.45) is 0. The molecular weight excluding hydrogens is 438 g/mol. The fourth-order valence-corrected chi connectivity index (χ4v) is 5.01. The summed E-state index contributed by atoms with van der Waals surface area (Å²) >= 11 is 0. The molecule has 0 radical (unpaired) electrons. The fraction of sp³-hybridized carbons (Fsp3) is 0.320. The molecule has 1 saturated heterocycles. The van der Waals surface area contributed by atoms with Crippen LogP contribution in [-0.4, -0.2) is 40.6 Å². The van der Waals surface area contributed by atoms with Gasteiger partial charge in [-0.05, 0) is 36.4 Å². The van der Waals surface area contributed by atoms with E-state index in [4.69, 9.17) is 4.74 Å². The van der Waals surface area contributed by atoms with Crippen LogP contribution in [0, 0.1) is 5.41 Å². The number of morpholine rings is 1. The van der Waals surface area contributed by atoms with Crippen molar-refractivity contribution in [1.82, 2.24) is 0 Å². The van der Waals surface area contributed by atoms with Crippen molar-refractivity contribution in [3.8, 4) is 0 Å². The molecule has 0 saturated carbocycles. The van der Waals surface area contributed by atoms with Gasteiger partial charge in [0.25, 0.3) is 10.0 Å². The summed E-state index contributed by atoms with van der Waals surface area (Å²) in [5.41, 5.74) is 1.52. The van der Waals surface area contributed by atoms with Crippen LogP contribution in [0.1, 0.15) is 20.8 Å². The molecular formula is C25H29N3O4S. The molecule has 8 heteroatoms. The van der Waals surface area contributed by atoms with Gasteiger partial charge >= 0.3 is 0 Å². The van der Waals surface area contributed by atoms with Crippen LogP contribution in [0.4, 0.5) is 17.1 Å². The van der Waals surface area contributed by atoms with Crippen LogP contribution < -0.4 is 14.9 Å². The van der Waals surface area contributed by atoms with Gasteiger partial charge in [0.1, 0.15) is 0 Å². The van der Waals surface area contributed by atoms with Gasteiger partial charge in [-0.3, -0.25) is 9.52 Å². The Kier molecular flexibility index (Phi) is 6.32. The van der Waals surface area contributed by atoms with Crippen molar-refractivity contribution in [2.45, 2.75) is 25.7 Å². The van der Waals surface area contributed by atoms with E-state index in [1.54, 1.807) is 36.4 Å². The lowest BCUT2D eigenvalue weighted by Crippen LogP contribution is -2.36. The van der Waals surface area contributed by atoms with Gasteiger partial charge in [0.2, 0.25) is 5.91 Å². The number of nitrogens with zero attached hydrogens (tertiary/aromatic N) is 1. The van der Waals surface area contributed by atoms with Gasteiger partial charge < -0.3 is 15.0 Å². The van der Waals surface area contributed by atoms with E-state index in [0.29, 0.717) is 30.0 Å². The molecule has 1 heterocycles. The first-order valence-corrected chi connectivity index (χ1v) is 12.4. The first-order valence-electron chi connectivity index (χ1n) is 10.9. The highest BCUT2D eigenvalue weighted by molar-refractivity contribution is 7.93. The number of hydrogen-bond acceptors (Lipinski definition) is 5. The van der Waals surface area contributed by atoms with E-state index in [1.807, 2.05) is 45.0 Å². The summed E-state index contributed by atoms with van der Waals surface area (Å²) in [5, 5.41) is 4.40. The summed E-state index contributed by atoms with van der Waals surface area (Å²) in [6, 6.07) is 17.7. The number of rotatable bonds is 5. The van der Waals surface area contributed by atoms with Crippen LogP contribution in [0.3, 0.4) is 0 Å². The van der Waals surface area contributed by atoms with Crippen molar-refractivity contribution in [3.05, 3.63) is 60.7 Å². The number of ether oxygens (including phenoxy) is 1. The summed E-state index contributed by atoms with van der Waals surface area (Å²) in [7, 11) is -3.83. The molecule has 1 amide bonds. The molecule has 0 aromatic heterocycles. The maximum atomic E-state index is 13.3. The number of sulfonamides is 1. The zero-order valence-electron chi connectivity index (χ0n) is 19.1. The molecule has 1 fully saturated rings. The number of carbonyl (C=O) groups is 1. The number of amides is 1. The molecule has 0 atom stereocenters. The second-order valence-electron chi connectivity index (χ2n) is 9.11. The van der Waals surface area contributed by atoms with Crippen LogP contribution in [-0.2, 0) is 19.6 Å². The first kappa shape index (κ1) is 23.1. The lowest BCUT2D eigenvalue weighted by molar-refractivity contribution is -0.123. The Balaban J connectivity index is 1.60. The average molecular weight is 468 g/mol. The molecule has 7 nitrogen and oxygen atoms in total. The van der Waals surface area contributed by atoms with Gasteiger partial charge in [0, 0.05) is 46.3 Å². The number of nitrogens with one attached hydrogen (secondary N) is 2. The first-order chi connectivity index (χ1) is 15.6. The molecule has 174 valence electrons. The van der Waals surface area contributed by atoms with Crippen LogP contribution in [0.5, 0.6) is 0 Å². The van der Waals surface area contributed by atoms with Crippen LogP contribution in [0.15, 0.2) is 65.6 Å². The zero-order valence-corrected chi connectivity index (χ0v) is 19.9. The molecule has 4 rings (SSSR count).